The zero-order valence-electron chi connectivity index (χ0n) is 27.5. The molecule has 0 saturated heterocycles. The standard InChI is InChI=1S/C36H42N6O7/c43-35-25-27-5-3-9-31(23-27)48-21-19-46-17-15-45-16-18-47-20-22-49-32-10-4-6-28(24-32)26-36(44)38-34-14-12-30(40-42-34)8-2-1-7-29-11-13-33(37-35)41-39-29/h3-6,9-14,23-24H,1-2,7-8,15-22,25-26H2,(H,37,41,43)(H,38,42,44). The van der Waals surface area contributed by atoms with Crippen molar-refractivity contribution in [2.45, 2.75) is 38.5 Å². The summed E-state index contributed by atoms with van der Waals surface area (Å²) in [6.07, 6.45) is 3.61. The molecule has 2 N–H and O–H groups in total. The van der Waals surface area contributed by atoms with Crippen LogP contribution in [0, 0.1) is 0 Å². The molecule has 0 atom stereocenters. The Morgan fingerprint density at radius 3 is 1.33 bits per heavy atom. The highest BCUT2D eigenvalue weighted by molar-refractivity contribution is 5.91. The van der Waals surface area contributed by atoms with E-state index in [-0.39, 0.29) is 24.7 Å². The Morgan fingerprint density at radius 1 is 0.490 bits per heavy atom. The molecule has 2 aromatic carbocycles. The number of aryl methyl sites for hydroxylation is 2. The van der Waals surface area contributed by atoms with Crippen molar-refractivity contribution in [3.8, 4) is 11.5 Å². The molecule has 0 aliphatic carbocycles. The third-order valence-corrected chi connectivity index (χ3v) is 7.35. The minimum absolute atomic E-state index is 0.176. The predicted octanol–water partition coefficient (Wildman–Crippen LogP) is 4.02. The third kappa shape index (κ3) is 13.2. The van der Waals surface area contributed by atoms with Gasteiger partial charge in [0.25, 0.3) is 0 Å². The Labute approximate surface area is 285 Å². The van der Waals surface area contributed by atoms with Gasteiger partial charge in [0, 0.05) is 0 Å². The fourth-order valence-electron chi connectivity index (χ4n) is 4.95. The normalized spacial score (nSPS) is 16.7. The molecule has 13 nitrogen and oxygen atoms in total. The highest BCUT2D eigenvalue weighted by Crippen LogP contribution is 2.16. The molecule has 0 spiro atoms. The van der Waals surface area contributed by atoms with E-state index in [4.69, 9.17) is 23.7 Å². The van der Waals surface area contributed by atoms with Crippen LogP contribution in [0.4, 0.5) is 11.6 Å². The van der Waals surface area contributed by atoms with Gasteiger partial charge in [0.15, 0.2) is 11.6 Å². The Morgan fingerprint density at radius 2 is 0.918 bits per heavy atom. The predicted molar refractivity (Wildman–Crippen MR) is 182 cm³/mol. The first-order valence-electron chi connectivity index (χ1n) is 16.5. The van der Waals surface area contributed by atoms with E-state index in [1.165, 1.54) is 0 Å². The number of benzene rings is 2. The van der Waals surface area contributed by atoms with Crippen molar-refractivity contribution in [2.24, 2.45) is 0 Å². The largest absolute Gasteiger partial charge is 0.491 e. The molecule has 258 valence electrons. The van der Waals surface area contributed by atoms with Crippen LogP contribution in [0.5, 0.6) is 11.5 Å². The molecular weight excluding hydrogens is 628 g/mol. The number of carbonyl (C=O) groups is 2. The Balaban J connectivity index is 1.12. The first-order chi connectivity index (χ1) is 24.1. The lowest BCUT2D eigenvalue weighted by molar-refractivity contribution is -0.116. The molecule has 0 saturated carbocycles. The van der Waals surface area contributed by atoms with Gasteiger partial charge < -0.3 is 34.3 Å². The highest BCUT2D eigenvalue weighted by atomic mass is 16.6. The summed E-state index contributed by atoms with van der Waals surface area (Å²) in [5.74, 6) is 1.75. The van der Waals surface area contributed by atoms with Crippen LogP contribution in [-0.2, 0) is 49.5 Å². The van der Waals surface area contributed by atoms with Gasteiger partial charge in [0.1, 0.15) is 24.7 Å². The van der Waals surface area contributed by atoms with Gasteiger partial charge in [-0.15, -0.1) is 10.2 Å². The zero-order chi connectivity index (χ0) is 33.9. The van der Waals surface area contributed by atoms with Crippen LogP contribution in [0.3, 0.4) is 0 Å². The van der Waals surface area contributed by atoms with Crippen molar-refractivity contribution >= 4 is 23.5 Å². The average Bonchev–Trinajstić information content (AvgIpc) is 3.10. The van der Waals surface area contributed by atoms with Gasteiger partial charge in [-0.2, -0.15) is 10.2 Å². The van der Waals surface area contributed by atoms with Gasteiger partial charge in [0.05, 0.1) is 63.9 Å². The quantitative estimate of drug-likeness (QED) is 0.279. The maximum atomic E-state index is 12.6. The van der Waals surface area contributed by atoms with E-state index < -0.39 is 0 Å². The smallest absolute Gasteiger partial charge is 0.229 e. The van der Waals surface area contributed by atoms with Crippen LogP contribution in [0.1, 0.15) is 35.4 Å². The van der Waals surface area contributed by atoms with Gasteiger partial charge in [0.2, 0.25) is 11.8 Å². The lowest BCUT2D eigenvalue weighted by atomic mass is 10.1. The molecule has 3 aliphatic heterocycles. The molecule has 49 heavy (non-hydrogen) atoms. The van der Waals surface area contributed by atoms with Gasteiger partial charge in [-0.3, -0.25) is 9.59 Å². The van der Waals surface area contributed by atoms with Crippen LogP contribution < -0.4 is 20.1 Å². The van der Waals surface area contributed by atoms with Gasteiger partial charge in [-0.05, 0) is 85.3 Å². The third-order valence-electron chi connectivity index (χ3n) is 7.35. The number of ether oxygens (including phenoxy) is 5. The van der Waals surface area contributed by atoms with E-state index in [9.17, 15) is 9.59 Å². The summed E-state index contributed by atoms with van der Waals surface area (Å²) < 4.78 is 28.3. The van der Waals surface area contributed by atoms with Crippen molar-refractivity contribution in [2.75, 3.05) is 63.5 Å². The molecule has 3 aliphatic rings. The number of nitrogens with zero attached hydrogens (tertiary/aromatic N) is 4. The summed E-state index contributed by atoms with van der Waals surface area (Å²) in [5, 5.41) is 22.5. The SMILES string of the molecule is O=C1Cc2cccc(c2)OCCOCCOCCOCCOc2cccc(c2)CC(=O)Nc2ccc(nn2)CCCCc2ccc(nn2)N1. The number of rotatable bonds is 0. The van der Waals surface area contributed by atoms with Crippen LogP contribution in [0.15, 0.2) is 72.8 Å². The van der Waals surface area contributed by atoms with Crippen molar-refractivity contribution in [3.63, 3.8) is 0 Å². The topological polar surface area (TPSA) is 156 Å². The van der Waals surface area contributed by atoms with E-state index in [2.05, 4.69) is 31.0 Å². The summed E-state index contributed by atoms with van der Waals surface area (Å²) >= 11 is 0. The maximum absolute atomic E-state index is 12.6. The summed E-state index contributed by atoms with van der Waals surface area (Å²) in [6, 6.07) is 22.1. The van der Waals surface area contributed by atoms with Crippen LogP contribution in [0.2, 0.25) is 0 Å². The first-order valence-corrected chi connectivity index (χ1v) is 16.5. The second kappa shape index (κ2) is 19.7. The van der Waals surface area contributed by atoms with Gasteiger partial charge in [-0.25, -0.2) is 0 Å². The molecule has 4 aromatic rings. The molecule has 0 radical (unpaired) electrons. The molecule has 7 rings (SSSR count). The number of fused-ring (bicyclic) bond motifs is 2. The summed E-state index contributed by atoms with van der Waals surface area (Å²) in [4.78, 5) is 25.3. The molecular formula is C36H42N6O7. The number of anilines is 2. The summed E-state index contributed by atoms with van der Waals surface area (Å²) in [6.45, 7) is 3.31. The molecule has 2 amide bonds. The molecule has 8 bridgehead atoms. The van der Waals surface area contributed by atoms with E-state index in [1.807, 2.05) is 60.7 Å². The second-order valence-electron chi connectivity index (χ2n) is 11.3. The van der Waals surface area contributed by atoms with Crippen molar-refractivity contribution in [1.82, 2.24) is 20.4 Å². The Bertz CT molecular complexity index is 1490. The monoisotopic (exact) mass is 670 g/mol. The Hall–Kier alpha value is -4.98. The van der Waals surface area contributed by atoms with Crippen molar-refractivity contribution in [1.29, 1.82) is 0 Å². The van der Waals surface area contributed by atoms with E-state index in [0.29, 0.717) is 76.0 Å². The van der Waals surface area contributed by atoms with Crippen LogP contribution in [0.25, 0.3) is 0 Å². The lowest BCUT2D eigenvalue weighted by Crippen LogP contribution is -2.16. The highest BCUT2D eigenvalue weighted by Gasteiger charge is 2.09. The minimum atomic E-state index is -0.193. The summed E-state index contributed by atoms with van der Waals surface area (Å²) in [7, 11) is 0. The number of nitrogens with one attached hydrogen (secondary N) is 2. The Kier molecular flexibility index (Phi) is 14.2. The average molecular weight is 671 g/mol. The van der Waals surface area contributed by atoms with Crippen LogP contribution in [-0.4, -0.2) is 85.1 Å². The van der Waals surface area contributed by atoms with E-state index in [1.54, 1.807) is 12.1 Å². The number of carbonyl (C=O) groups excluding carboxylic acids is 2. The number of hydrogen-bond donors (Lipinski definition) is 2. The maximum Gasteiger partial charge on any atom is 0.229 e. The second-order valence-corrected chi connectivity index (χ2v) is 11.3. The van der Waals surface area contributed by atoms with Crippen molar-refractivity contribution < 1.29 is 33.3 Å². The lowest BCUT2D eigenvalue weighted by Gasteiger charge is -2.10. The first kappa shape index (κ1) is 35.3. The minimum Gasteiger partial charge on any atom is -0.491 e. The molecule has 5 heterocycles. The number of hydrogen-bond acceptors (Lipinski definition) is 11. The summed E-state index contributed by atoms with van der Waals surface area (Å²) in [5.41, 5.74) is 3.32. The number of aromatic nitrogens is 4. The van der Waals surface area contributed by atoms with E-state index >= 15 is 0 Å². The fraction of sp³-hybridized carbons (Fsp3) is 0.389. The van der Waals surface area contributed by atoms with Gasteiger partial charge in [-0.1, -0.05) is 24.3 Å². The molecule has 0 fully saturated rings. The molecule has 0 unspecified atom stereocenters. The molecule has 2 aromatic heterocycles. The fourth-order valence-corrected chi connectivity index (χ4v) is 4.95. The van der Waals surface area contributed by atoms with Crippen molar-refractivity contribution in [3.05, 3.63) is 95.3 Å². The van der Waals surface area contributed by atoms with Gasteiger partial charge >= 0.3 is 0 Å². The van der Waals surface area contributed by atoms with Crippen LogP contribution >= 0.6 is 0 Å². The zero-order valence-corrected chi connectivity index (χ0v) is 27.5. The molecule has 13 heteroatoms. The van der Waals surface area contributed by atoms with E-state index in [0.717, 1.165) is 48.2 Å². The number of amides is 2.